The molecule has 2 aliphatic rings. The SMILES string of the molecule is OC1=CC(Cl)=CC2NCCC12. The first kappa shape index (κ1) is 7.19. The summed E-state index contributed by atoms with van der Waals surface area (Å²) in [6.07, 6.45) is 4.60. The van der Waals surface area contributed by atoms with Crippen LogP contribution in [-0.4, -0.2) is 17.7 Å². The summed E-state index contributed by atoms with van der Waals surface area (Å²) >= 11 is 5.76. The van der Waals surface area contributed by atoms with Crippen LogP contribution in [-0.2, 0) is 0 Å². The Hall–Kier alpha value is -0.470. The van der Waals surface area contributed by atoms with Crippen molar-refractivity contribution in [2.45, 2.75) is 12.5 Å². The first-order valence-electron chi connectivity index (χ1n) is 3.78. The van der Waals surface area contributed by atoms with Crippen LogP contribution >= 0.6 is 11.6 Å². The Bertz CT molecular complexity index is 234. The van der Waals surface area contributed by atoms with Crippen LogP contribution in [0.3, 0.4) is 0 Å². The fourth-order valence-electron chi connectivity index (χ4n) is 1.70. The van der Waals surface area contributed by atoms with Crippen molar-refractivity contribution in [2.75, 3.05) is 6.54 Å². The Morgan fingerprint density at radius 3 is 3.27 bits per heavy atom. The molecule has 1 aliphatic carbocycles. The van der Waals surface area contributed by atoms with Gasteiger partial charge >= 0.3 is 0 Å². The van der Waals surface area contributed by atoms with Gasteiger partial charge in [-0.2, -0.15) is 0 Å². The van der Waals surface area contributed by atoms with E-state index in [1.54, 1.807) is 6.08 Å². The fraction of sp³-hybridized carbons (Fsp3) is 0.500. The van der Waals surface area contributed by atoms with Crippen molar-refractivity contribution in [3.8, 4) is 0 Å². The minimum Gasteiger partial charge on any atom is -0.512 e. The summed E-state index contributed by atoms with van der Waals surface area (Å²) < 4.78 is 0. The van der Waals surface area contributed by atoms with Gasteiger partial charge in [-0.05, 0) is 25.1 Å². The molecule has 0 aromatic heterocycles. The van der Waals surface area contributed by atoms with E-state index in [-0.39, 0.29) is 12.0 Å². The lowest BCUT2D eigenvalue weighted by atomic mass is 9.94. The smallest absolute Gasteiger partial charge is 0.0987 e. The van der Waals surface area contributed by atoms with Gasteiger partial charge in [0.2, 0.25) is 0 Å². The predicted molar refractivity (Wildman–Crippen MR) is 44.5 cm³/mol. The lowest BCUT2D eigenvalue weighted by Gasteiger charge is -2.19. The summed E-state index contributed by atoms with van der Waals surface area (Å²) in [7, 11) is 0. The van der Waals surface area contributed by atoms with E-state index in [2.05, 4.69) is 5.32 Å². The van der Waals surface area contributed by atoms with E-state index in [0.717, 1.165) is 13.0 Å². The molecule has 1 saturated heterocycles. The Balaban J connectivity index is 2.28. The number of nitrogens with one attached hydrogen (secondary N) is 1. The van der Waals surface area contributed by atoms with Gasteiger partial charge in [-0.25, -0.2) is 0 Å². The number of hydrogen-bond acceptors (Lipinski definition) is 2. The number of aliphatic hydroxyl groups excluding tert-OH is 1. The van der Waals surface area contributed by atoms with Crippen molar-refractivity contribution >= 4 is 11.6 Å². The van der Waals surface area contributed by atoms with Crippen LogP contribution in [0.5, 0.6) is 0 Å². The third-order valence-corrected chi connectivity index (χ3v) is 2.51. The van der Waals surface area contributed by atoms with Crippen molar-refractivity contribution in [2.24, 2.45) is 5.92 Å². The fourth-order valence-corrected chi connectivity index (χ4v) is 1.95. The number of halogens is 1. The van der Waals surface area contributed by atoms with Crippen LogP contribution in [0, 0.1) is 5.92 Å². The lowest BCUT2D eigenvalue weighted by molar-refractivity contribution is 0.321. The Morgan fingerprint density at radius 1 is 1.64 bits per heavy atom. The van der Waals surface area contributed by atoms with Gasteiger partial charge in [0.05, 0.1) is 5.76 Å². The van der Waals surface area contributed by atoms with Gasteiger partial charge in [0.1, 0.15) is 0 Å². The molecule has 11 heavy (non-hydrogen) atoms. The van der Waals surface area contributed by atoms with Crippen molar-refractivity contribution < 1.29 is 5.11 Å². The molecular formula is C8H10ClNO. The molecular weight excluding hydrogens is 162 g/mol. The van der Waals surface area contributed by atoms with Crippen LogP contribution in [0.1, 0.15) is 6.42 Å². The van der Waals surface area contributed by atoms with Gasteiger partial charge in [0.25, 0.3) is 0 Å². The molecule has 0 amide bonds. The van der Waals surface area contributed by atoms with Crippen LogP contribution < -0.4 is 5.32 Å². The molecule has 2 atom stereocenters. The van der Waals surface area contributed by atoms with Crippen LogP contribution in [0.4, 0.5) is 0 Å². The van der Waals surface area contributed by atoms with E-state index in [4.69, 9.17) is 11.6 Å². The van der Waals surface area contributed by atoms with Crippen LogP contribution in [0.2, 0.25) is 0 Å². The molecule has 1 fully saturated rings. The van der Waals surface area contributed by atoms with Crippen LogP contribution in [0.15, 0.2) is 22.9 Å². The van der Waals surface area contributed by atoms with Gasteiger partial charge in [-0.15, -0.1) is 0 Å². The second-order valence-corrected chi connectivity index (χ2v) is 3.43. The molecule has 2 unspecified atom stereocenters. The quantitative estimate of drug-likeness (QED) is 0.580. The van der Waals surface area contributed by atoms with Gasteiger partial charge in [-0.1, -0.05) is 11.6 Å². The zero-order valence-electron chi connectivity index (χ0n) is 6.05. The number of rotatable bonds is 0. The molecule has 3 heteroatoms. The highest BCUT2D eigenvalue weighted by Crippen LogP contribution is 2.29. The second kappa shape index (κ2) is 2.54. The van der Waals surface area contributed by atoms with E-state index in [1.165, 1.54) is 0 Å². The molecule has 1 heterocycles. The van der Waals surface area contributed by atoms with E-state index in [1.807, 2.05) is 6.08 Å². The van der Waals surface area contributed by atoms with Gasteiger partial charge in [-0.3, -0.25) is 0 Å². The number of fused-ring (bicyclic) bond motifs is 1. The molecule has 0 saturated carbocycles. The summed E-state index contributed by atoms with van der Waals surface area (Å²) in [5.41, 5.74) is 0. The zero-order valence-corrected chi connectivity index (χ0v) is 6.80. The highest BCUT2D eigenvalue weighted by Gasteiger charge is 2.30. The largest absolute Gasteiger partial charge is 0.512 e. The van der Waals surface area contributed by atoms with Gasteiger partial charge in [0.15, 0.2) is 0 Å². The summed E-state index contributed by atoms with van der Waals surface area (Å²) in [5, 5.41) is 13.3. The zero-order chi connectivity index (χ0) is 7.84. The third kappa shape index (κ3) is 1.17. The summed E-state index contributed by atoms with van der Waals surface area (Å²) in [4.78, 5) is 0. The average Bonchev–Trinajstić information content (AvgIpc) is 2.34. The highest BCUT2D eigenvalue weighted by atomic mass is 35.5. The number of aliphatic hydroxyl groups is 1. The highest BCUT2D eigenvalue weighted by molar-refractivity contribution is 6.31. The standard InChI is InChI=1S/C8H10ClNO/c9-5-3-7-6(1-2-10-7)8(11)4-5/h3-4,6-7,10-11H,1-2H2. The molecule has 0 spiro atoms. The molecule has 2 rings (SSSR count). The minimum absolute atomic E-state index is 0.257. The summed E-state index contributed by atoms with van der Waals surface area (Å²) in [5.74, 6) is 0.685. The topological polar surface area (TPSA) is 32.3 Å². The molecule has 0 aromatic rings. The summed E-state index contributed by atoms with van der Waals surface area (Å²) in [6.45, 7) is 0.966. The van der Waals surface area contributed by atoms with E-state index < -0.39 is 0 Å². The first-order valence-corrected chi connectivity index (χ1v) is 4.16. The van der Waals surface area contributed by atoms with E-state index >= 15 is 0 Å². The predicted octanol–water partition coefficient (Wildman–Crippen LogP) is 1.54. The minimum atomic E-state index is 0.257. The van der Waals surface area contributed by atoms with Crippen LogP contribution in [0.25, 0.3) is 0 Å². The molecule has 2 N–H and O–H groups in total. The molecule has 0 radical (unpaired) electrons. The normalized spacial score (nSPS) is 36.1. The Labute approximate surface area is 70.6 Å². The maximum Gasteiger partial charge on any atom is 0.0987 e. The molecule has 2 nitrogen and oxygen atoms in total. The monoisotopic (exact) mass is 171 g/mol. The van der Waals surface area contributed by atoms with Crippen molar-refractivity contribution in [1.82, 2.24) is 5.32 Å². The first-order chi connectivity index (χ1) is 5.27. The second-order valence-electron chi connectivity index (χ2n) is 3.00. The molecule has 0 aromatic carbocycles. The maximum absolute atomic E-state index is 9.45. The van der Waals surface area contributed by atoms with Crippen molar-refractivity contribution in [1.29, 1.82) is 0 Å². The number of hydrogen-bond donors (Lipinski definition) is 2. The average molecular weight is 172 g/mol. The maximum atomic E-state index is 9.45. The third-order valence-electron chi connectivity index (χ3n) is 2.27. The van der Waals surface area contributed by atoms with Crippen molar-refractivity contribution in [3.63, 3.8) is 0 Å². The lowest BCUT2D eigenvalue weighted by Crippen LogP contribution is -2.27. The Morgan fingerprint density at radius 2 is 2.45 bits per heavy atom. The number of allylic oxidation sites excluding steroid dienone is 2. The molecule has 0 bridgehead atoms. The molecule has 60 valence electrons. The van der Waals surface area contributed by atoms with E-state index in [0.29, 0.717) is 10.8 Å². The van der Waals surface area contributed by atoms with Crippen molar-refractivity contribution in [3.05, 3.63) is 22.9 Å². The van der Waals surface area contributed by atoms with Gasteiger partial charge < -0.3 is 10.4 Å². The summed E-state index contributed by atoms with van der Waals surface area (Å²) in [6, 6.07) is 0.257. The molecule has 1 aliphatic heterocycles. The van der Waals surface area contributed by atoms with Gasteiger partial charge in [0, 0.05) is 17.0 Å². The van der Waals surface area contributed by atoms with E-state index in [9.17, 15) is 5.11 Å². The Kier molecular flexibility index (Phi) is 1.66.